The summed E-state index contributed by atoms with van der Waals surface area (Å²) in [6.07, 6.45) is 1.13. The molecule has 1 N–H and O–H groups in total. The van der Waals surface area contributed by atoms with Crippen molar-refractivity contribution < 1.29 is 4.79 Å². The molecular weight excluding hydrogens is 340 g/mol. The maximum atomic E-state index is 12.3. The van der Waals surface area contributed by atoms with Crippen LogP contribution >= 0.6 is 11.3 Å². The fourth-order valence-corrected chi connectivity index (χ4v) is 4.09. The predicted molar refractivity (Wildman–Crippen MR) is 108 cm³/mol. The Morgan fingerprint density at radius 1 is 1.04 bits per heavy atom. The standard InChI is InChI=1S/C22H20N2OS/c1-15(17-11-10-16-6-2-3-7-18(16)14-17)23-21(25)12-13-22-24-19-8-4-5-9-20(19)26-22/h2-11,14-15H,12-13H2,1H3,(H,23,25). The van der Waals surface area contributed by atoms with Crippen molar-refractivity contribution in [3.05, 3.63) is 77.3 Å². The van der Waals surface area contributed by atoms with Gasteiger partial charge in [-0.1, -0.05) is 48.5 Å². The van der Waals surface area contributed by atoms with Crippen molar-refractivity contribution in [2.24, 2.45) is 0 Å². The van der Waals surface area contributed by atoms with Gasteiger partial charge in [-0.25, -0.2) is 4.98 Å². The molecule has 0 radical (unpaired) electrons. The summed E-state index contributed by atoms with van der Waals surface area (Å²) in [5.41, 5.74) is 2.13. The van der Waals surface area contributed by atoms with Crippen molar-refractivity contribution in [1.29, 1.82) is 0 Å². The van der Waals surface area contributed by atoms with Crippen LogP contribution in [0.3, 0.4) is 0 Å². The first-order valence-electron chi connectivity index (χ1n) is 8.81. The molecule has 0 aliphatic rings. The molecule has 4 aromatic rings. The van der Waals surface area contributed by atoms with E-state index in [0.717, 1.165) is 16.1 Å². The number of fused-ring (bicyclic) bond motifs is 2. The minimum atomic E-state index is -0.0116. The lowest BCUT2D eigenvalue weighted by atomic mass is 10.0. The van der Waals surface area contributed by atoms with E-state index >= 15 is 0 Å². The summed E-state index contributed by atoms with van der Waals surface area (Å²) in [6, 6.07) is 22.7. The smallest absolute Gasteiger partial charge is 0.220 e. The number of benzene rings is 3. The van der Waals surface area contributed by atoms with Crippen molar-refractivity contribution in [3.8, 4) is 0 Å². The number of thiazole rings is 1. The third-order valence-corrected chi connectivity index (χ3v) is 5.65. The van der Waals surface area contributed by atoms with Crippen LogP contribution in [0.4, 0.5) is 0 Å². The van der Waals surface area contributed by atoms with Crippen molar-refractivity contribution >= 4 is 38.2 Å². The molecule has 0 saturated carbocycles. The highest BCUT2D eigenvalue weighted by Gasteiger charge is 2.11. The minimum Gasteiger partial charge on any atom is -0.350 e. The summed E-state index contributed by atoms with van der Waals surface area (Å²) >= 11 is 1.66. The zero-order valence-corrected chi connectivity index (χ0v) is 15.4. The van der Waals surface area contributed by atoms with Gasteiger partial charge in [-0.2, -0.15) is 0 Å². The van der Waals surface area contributed by atoms with Crippen molar-refractivity contribution in [3.63, 3.8) is 0 Å². The van der Waals surface area contributed by atoms with E-state index in [1.165, 1.54) is 15.5 Å². The van der Waals surface area contributed by atoms with Gasteiger partial charge < -0.3 is 5.32 Å². The number of rotatable bonds is 5. The topological polar surface area (TPSA) is 42.0 Å². The summed E-state index contributed by atoms with van der Waals surface area (Å²) in [4.78, 5) is 16.9. The van der Waals surface area contributed by atoms with E-state index in [0.29, 0.717) is 12.8 Å². The molecule has 0 saturated heterocycles. The molecule has 3 nitrogen and oxygen atoms in total. The molecular formula is C22H20N2OS. The Hall–Kier alpha value is -2.72. The molecule has 4 heteroatoms. The van der Waals surface area contributed by atoms with Gasteiger partial charge in [0, 0.05) is 12.8 Å². The quantitative estimate of drug-likeness (QED) is 0.527. The van der Waals surface area contributed by atoms with Crippen molar-refractivity contribution in [2.75, 3.05) is 0 Å². The van der Waals surface area contributed by atoms with Crippen LogP contribution in [0.25, 0.3) is 21.0 Å². The number of nitrogens with one attached hydrogen (secondary N) is 1. The number of amides is 1. The predicted octanol–water partition coefficient (Wildman–Crippen LogP) is 5.26. The Morgan fingerprint density at radius 3 is 2.65 bits per heavy atom. The van der Waals surface area contributed by atoms with E-state index in [2.05, 4.69) is 46.7 Å². The maximum absolute atomic E-state index is 12.3. The molecule has 1 aromatic heterocycles. The molecule has 0 bridgehead atoms. The van der Waals surface area contributed by atoms with Crippen LogP contribution in [0.2, 0.25) is 0 Å². The third kappa shape index (κ3) is 3.60. The lowest BCUT2D eigenvalue weighted by Crippen LogP contribution is -2.26. The SMILES string of the molecule is CC(NC(=O)CCc1nc2ccccc2s1)c1ccc2ccccc2c1. The Kier molecular flexibility index (Phi) is 4.67. The largest absolute Gasteiger partial charge is 0.350 e. The molecule has 0 spiro atoms. The van der Waals surface area contributed by atoms with E-state index in [1.54, 1.807) is 11.3 Å². The summed E-state index contributed by atoms with van der Waals surface area (Å²) < 4.78 is 1.17. The van der Waals surface area contributed by atoms with E-state index in [-0.39, 0.29) is 11.9 Å². The van der Waals surface area contributed by atoms with Gasteiger partial charge in [0.25, 0.3) is 0 Å². The van der Waals surface area contributed by atoms with Gasteiger partial charge in [-0.3, -0.25) is 4.79 Å². The number of carbonyl (C=O) groups excluding carboxylic acids is 1. The highest BCUT2D eigenvalue weighted by Crippen LogP contribution is 2.23. The van der Waals surface area contributed by atoms with Crippen LogP contribution in [0.15, 0.2) is 66.7 Å². The van der Waals surface area contributed by atoms with Crippen molar-refractivity contribution in [1.82, 2.24) is 10.3 Å². The second kappa shape index (κ2) is 7.26. The number of hydrogen-bond donors (Lipinski definition) is 1. The summed E-state index contributed by atoms with van der Waals surface area (Å²) in [7, 11) is 0. The van der Waals surface area contributed by atoms with Crippen LogP contribution in [0.5, 0.6) is 0 Å². The van der Waals surface area contributed by atoms with Gasteiger partial charge in [0.15, 0.2) is 0 Å². The molecule has 1 atom stereocenters. The zero-order valence-electron chi connectivity index (χ0n) is 14.6. The highest BCUT2D eigenvalue weighted by atomic mass is 32.1. The second-order valence-corrected chi connectivity index (χ2v) is 7.59. The first-order valence-corrected chi connectivity index (χ1v) is 9.63. The third-order valence-electron chi connectivity index (χ3n) is 4.56. The van der Waals surface area contributed by atoms with Gasteiger partial charge in [0.1, 0.15) is 0 Å². The van der Waals surface area contributed by atoms with Crippen LogP contribution in [-0.4, -0.2) is 10.9 Å². The molecule has 0 aliphatic heterocycles. The Morgan fingerprint density at radius 2 is 1.81 bits per heavy atom. The number of hydrogen-bond acceptors (Lipinski definition) is 3. The molecule has 1 amide bonds. The summed E-state index contributed by atoms with van der Waals surface area (Å²) in [5, 5.41) is 6.52. The zero-order chi connectivity index (χ0) is 17.9. The molecule has 4 rings (SSSR count). The first kappa shape index (κ1) is 16.7. The molecule has 1 unspecified atom stereocenters. The molecule has 0 aliphatic carbocycles. The molecule has 1 heterocycles. The Bertz CT molecular complexity index is 1040. The minimum absolute atomic E-state index is 0.0116. The number of aryl methyl sites for hydroxylation is 1. The number of aromatic nitrogens is 1. The maximum Gasteiger partial charge on any atom is 0.220 e. The van der Waals surface area contributed by atoms with Crippen LogP contribution in [0, 0.1) is 0 Å². The van der Waals surface area contributed by atoms with E-state index in [4.69, 9.17) is 0 Å². The Balaban J connectivity index is 1.38. The number of para-hydroxylation sites is 1. The van der Waals surface area contributed by atoms with Crippen molar-refractivity contribution in [2.45, 2.75) is 25.8 Å². The Labute approximate surface area is 156 Å². The molecule has 0 fully saturated rings. The van der Waals surface area contributed by atoms with Gasteiger partial charge in [0.2, 0.25) is 5.91 Å². The van der Waals surface area contributed by atoms with E-state index in [9.17, 15) is 4.79 Å². The highest BCUT2D eigenvalue weighted by molar-refractivity contribution is 7.18. The molecule has 130 valence electrons. The lowest BCUT2D eigenvalue weighted by molar-refractivity contribution is -0.121. The fraction of sp³-hybridized carbons (Fsp3) is 0.182. The average Bonchev–Trinajstić information content (AvgIpc) is 3.09. The van der Waals surface area contributed by atoms with Gasteiger partial charge >= 0.3 is 0 Å². The lowest BCUT2D eigenvalue weighted by Gasteiger charge is -2.15. The van der Waals surface area contributed by atoms with Gasteiger partial charge in [-0.15, -0.1) is 11.3 Å². The normalized spacial score (nSPS) is 12.3. The first-order chi connectivity index (χ1) is 12.7. The number of nitrogens with zero attached hydrogens (tertiary/aromatic N) is 1. The van der Waals surface area contributed by atoms with E-state index in [1.807, 2.05) is 37.3 Å². The fourth-order valence-electron chi connectivity index (χ4n) is 3.12. The number of carbonyl (C=O) groups is 1. The molecule has 26 heavy (non-hydrogen) atoms. The van der Waals surface area contributed by atoms with Gasteiger partial charge in [-0.05, 0) is 41.5 Å². The average molecular weight is 360 g/mol. The summed E-state index contributed by atoms with van der Waals surface area (Å²) in [6.45, 7) is 2.03. The molecule has 3 aromatic carbocycles. The monoisotopic (exact) mass is 360 g/mol. The van der Waals surface area contributed by atoms with Crippen LogP contribution in [-0.2, 0) is 11.2 Å². The summed E-state index contributed by atoms with van der Waals surface area (Å²) in [5.74, 6) is 0.0601. The van der Waals surface area contributed by atoms with E-state index < -0.39 is 0 Å². The van der Waals surface area contributed by atoms with Crippen LogP contribution < -0.4 is 5.32 Å². The van der Waals surface area contributed by atoms with Gasteiger partial charge in [0.05, 0.1) is 21.3 Å². The van der Waals surface area contributed by atoms with Crippen LogP contribution in [0.1, 0.15) is 30.0 Å². The second-order valence-electron chi connectivity index (χ2n) is 6.47.